The first-order valence-electron chi connectivity index (χ1n) is 40.9. The molecule has 3 saturated heterocycles. The van der Waals surface area contributed by atoms with E-state index in [1.165, 1.54) is 38.0 Å². The number of aryl methyl sites for hydroxylation is 1. The molecule has 5 aromatic rings. The standard InChI is InChI=1S/C85H111FN12O20/c1-49-79(111)93-64(43-89-70(103)23-24-72(105)94-82-78(110)77(109)76(108)69(47-99)118-82)81(113)91-62-38-54-11-9-12-55(35-54)42-88-73(106)48-117-68-28-34-97-45-56(39-66(62)101)36-57-46-95(65-22-19-58(86)40-61(57)65)31-7-5-6-8-32-96(74(107)26-25-71(104)90-49)44-53-15-13-51(14-16-53)27-30-87-84(115)85(3)29-10-33-98(85)83(114)63(37-52-17-20-59(116-4)21-18-52)92-80(112)60(50(2)100)41-67(102)75(68)97/h9,11-22,35,40,46,49-50,56,60,62-64,68-69,75-78,82,99-100,108-110H,5-8,10,23-34,36-39,41-45,47-48H2,1-4H3,(H,87,115)(H,88,106)(H,89,103)(H,90,104)(H,91,113)(H,92,112)(H,93,111)(H,94,105)/t49-,50+,56+,60-,62-,63-,64+,68-,69?,75+,76?,77?,78?,82?,85-/m0/s1. The maximum atomic E-state index is 16.0. The Morgan fingerprint density at radius 3 is 2.18 bits per heavy atom. The molecule has 4 aromatic carbocycles. The summed E-state index contributed by atoms with van der Waals surface area (Å²) in [4.78, 5) is 181. The van der Waals surface area contributed by atoms with Crippen LogP contribution in [0.15, 0.2) is 97.2 Å². The number of aromatic nitrogens is 1. The average molecular weight is 1640 g/mol. The third kappa shape index (κ3) is 23.0. The molecule has 6 unspecified atom stereocenters. The highest BCUT2D eigenvalue weighted by molar-refractivity contribution is 5.98. The highest BCUT2D eigenvalue weighted by atomic mass is 19.1. The van der Waals surface area contributed by atoms with E-state index in [1.807, 2.05) is 35.0 Å². The summed E-state index contributed by atoms with van der Waals surface area (Å²) < 4.78 is 35.2. The lowest BCUT2D eigenvalue weighted by Crippen LogP contribution is -2.63. The summed E-state index contributed by atoms with van der Waals surface area (Å²) in [5.74, 6) is -10.7. The lowest BCUT2D eigenvalue weighted by Gasteiger charge is -2.40. The van der Waals surface area contributed by atoms with Crippen LogP contribution in [-0.2, 0) is 112 Å². The highest BCUT2D eigenvalue weighted by Crippen LogP contribution is 2.35. The Hall–Kier alpha value is -10.1. The number of fused-ring (bicyclic) bond motifs is 16. The van der Waals surface area contributed by atoms with Gasteiger partial charge in [0, 0.05) is 121 Å². The number of nitrogens with zero attached hydrogens (tertiary/aromatic N) is 4. The molecule has 0 aliphatic carbocycles. The normalized spacial score (nSPS) is 28.7. The number of hydrogen-bond acceptors (Lipinski definition) is 21. The summed E-state index contributed by atoms with van der Waals surface area (Å²) in [6, 6.07) is 18.4. The fourth-order valence-electron chi connectivity index (χ4n) is 16.7. The van der Waals surface area contributed by atoms with Crippen molar-refractivity contribution in [1.29, 1.82) is 0 Å². The number of methoxy groups -OCH3 is 1. The molecule has 3 fully saturated rings. The van der Waals surface area contributed by atoms with E-state index < -0.39 is 200 Å². The van der Waals surface area contributed by atoms with E-state index in [0.717, 1.165) is 11.1 Å². The second-order valence-electron chi connectivity index (χ2n) is 32.2. The number of carbonyl (C=O) groups is 12. The number of ketones is 2. The van der Waals surface area contributed by atoms with Gasteiger partial charge in [0.05, 0.1) is 43.9 Å². The third-order valence-corrected chi connectivity index (χ3v) is 23.5. The number of halogens is 1. The first-order chi connectivity index (χ1) is 56.5. The van der Waals surface area contributed by atoms with Crippen molar-refractivity contribution in [2.24, 2.45) is 11.8 Å². The van der Waals surface area contributed by atoms with Gasteiger partial charge in [-0.05, 0) is 142 Å². The van der Waals surface area contributed by atoms with Crippen molar-refractivity contribution in [3.05, 3.63) is 136 Å². The average Bonchev–Trinajstić information content (AvgIpc) is 1.61. The van der Waals surface area contributed by atoms with Gasteiger partial charge in [-0.3, -0.25) is 62.4 Å². The van der Waals surface area contributed by atoms with Gasteiger partial charge in [0.1, 0.15) is 66.3 Å². The van der Waals surface area contributed by atoms with E-state index >= 15 is 28.4 Å². The van der Waals surface area contributed by atoms with Crippen molar-refractivity contribution in [3.63, 3.8) is 0 Å². The number of aliphatic hydroxyl groups excluding tert-OH is 5. The van der Waals surface area contributed by atoms with Crippen LogP contribution in [0.1, 0.15) is 138 Å². The molecule has 8 heterocycles. The molecule has 0 spiro atoms. The summed E-state index contributed by atoms with van der Waals surface area (Å²) in [6.07, 6.45) is -8.22. The Kier molecular flexibility index (Phi) is 30.8. The first-order valence-corrected chi connectivity index (χ1v) is 40.9. The van der Waals surface area contributed by atoms with Crippen molar-refractivity contribution in [2.45, 2.75) is 228 Å². The molecular weight excluding hydrogens is 1530 g/mol. The number of aliphatic hydroxyl groups is 5. The predicted molar refractivity (Wildman–Crippen MR) is 425 cm³/mol. The van der Waals surface area contributed by atoms with E-state index in [4.69, 9.17) is 14.2 Å². The van der Waals surface area contributed by atoms with E-state index in [1.54, 1.807) is 71.3 Å². The van der Waals surface area contributed by atoms with Crippen LogP contribution in [0.2, 0.25) is 0 Å². The maximum absolute atomic E-state index is 16.0. The molecule has 118 heavy (non-hydrogen) atoms. The van der Waals surface area contributed by atoms with Crippen molar-refractivity contribution in [3.8, 4) is 5.75 Å². The molecule has 32 nitrogen and oxygen atoms in total. The second kappa shape index (κ2) is 41.0. The Morgan fingerprint density at radius 2 is 1.43 bits per heavy atom. The molecular formula is C85H111FN12O20. The predicted octanol–water partition coefficient (Wildman–Crippen LogP) is 0.646. The molecule has 12 bridgehead atoms. The first kappa shape index (κ1) is 88.7. The van der Waals surface area contributed by atoms with E-state index in [9.17, 15) is 59.1 Å². The smallest absolute Gasteiger partial charge is 0.246 e. The molecule has 7 aliphatic heterocycles. The Labute approximate surface area is 683 Å². The van der Waals surface area contributed by atoms with Gasteiger partial charge in [0.25, 0.3) is 0 Å². The summed E-state index contributed by atoms with van der Waals surface area (Å²) in [6.45, 7) is 3.58. The van der Waals surface area contributed by atoms with Crippen molar-refractivity contribution < 1.29 is 102 Å². The zero-order valence-electron chi connectivity index (χ0n) is 67.1. The van der Waals surface area contributed by atoms with Gasteiger partial charge in [-0.1, -0.05) is 73.5 Å². The minimum atomic E-state index is -1.84. The number of nitrogens with one attached hydrogen (secondary N) is 8. The zero-order chi connectivity index (χ0) is 84.5. The highest BCUT2D eigenvalue weighted by Gasteiger charge is 2.50. The van der Waals surface area contributed by atoms with Crippen LogP contribution in [0.5, 0.6) is 5.75 Å². The van der Waals surface area contributed by atoms with E-state index in [2.05, 4.69) is 42.5 Å². The lowest BCUT2D eigenvalue weighted by molar-refractivity contribution is -0.236. The molecule has 33 heteroatoms. The summed E-state index contributed by atoms with van der Waals surface area (Å²) in [5.41, 5.74) is 3.18. The van der Waals surface area contributed by atoms with E-state index in [-0.39, 0.29) is 96.5 Å². The molecule has 0 saturated carbocycles. The molecule has 7 aliphatic rings. The molecule has 1 aromatic heterocycles. The molecule has 13 N–H and O–H groups in total. The number of rotatable bonds is 11. The molecule has 16 atom stereocenters. The molecule has 10 amide bonds. The van der Waals surface area contributed by atoms with E-state index in [0.29, 0.717) is 90.5 Å². The van der Waals surface area contributed by atoms with Gasteiger partial charge in [0.15, 0.2) is 17.8 Å². The van der Waals surface area contributed by atoms with Crippen LogP contribution in [-0.4, -0.2) is 254 Å². The maximum Gasteiger partial charge on any atom is 0.246 e. The Bertz CT molecular complexity index is 4430. The Balaban J connectivity index is 0.981. The number of amides is 10. The minimum absolute atomic E-state index is 0.0433. The quantitative estimate of drug-likeness (QED) is 0.0863. The van der Waals surface area contributed by atoms with Crippen molar-refractivity contribution in [1.82, 2.24) is 61.8 Å². The molecule has 638 valence electrons. The second-order valence-corrected chi connectivity index (χ2v) is 32.2. The Morgan fingerprint density at radius 1 is 0.703 bits per heavy atom. The summed E-state index contributed by atoms with van der Waals surface area (Å²) >= 11 is 0. The fourth-order valence-corrected chi connectivity index (χ4v) is 16.7. The van der Waals surface area contributed by atoms with Gasteiger partial charge >= 0.3 is 0 Å². The van der Waals surface area contributed by atoms with Crippen LogP contribution in [0.25, 0.3) is 10.9 Å². The van der Waals surface area contributed by atoms with Crippen LogP contribution >= 0.6 is 0 Å². The van der Waals surface area contributed by atoms with Gasteiger partial charge in [-0.2, -0.15) is 0 Å². The topological polar surface area (TPSA) is 445 Å². The monoisotopic (exact) mass is 1640 g/mol. The van der Waals surface area contributed by atoms with Gasteiger partial charge in [-0.25, -0.2) is 4.39 Å². The van der Waals surface area contributed by atoms with Crippen LogP contribution in [0, 0.1) is 17.7 Å². The third-order valence-electron chi connectivity index (χ3n) is 23.5. The van der Waals surface area contributed by atoms with Crippen LogP contribution in [0.3, 0.4) is 0 Å². The van der Waals surface area contributed by atoms with Gasteiger partial charge in [-0.15, -0.1) is 0 Å². The van der Waals surface area contributed by atoms with Gasteiger partial charge < -0.3 is 96.6 Å². The lowest BCUT2D eigenvalue weighted by atomic mass is 9.88. The van der Waals surface area contributed by atoms with Crippen LogP contribution < -0.4 is 47.3 Å². The number of benzene rings is 4. The summed E-state index contributed by atoms with van der Waals surface area (Å²) in [7, 11) is 1.50. The largest absolute Gasteiger partial charge is 0.497 e. The SMILES string of the molecule is COc1ccc(C[C@@H]2NC(=O)[C@H]([C@@H](C)O)CC(=O)[C@@H]3[C@@H]4CCN3C[C@H]3CC(=O)[C@H](Cc5cccc(c5)CNC(=O)CO4)NC(=O)[C@@H](CNC(=O)CCC(=O)NC4OC(CO)C(O)C(O)C4O)NC(=O)[C@H](C)NC(=O)CCC(=O)N(CCCCCCn4cc(c5cc(F)ccc54)C3)Cc3ccc(cc3)CCNC(=O)[C@]3(C)CCCN3C2=O)cc1. The van der Waals surface area contributed by atoms with Gasteiger partial charge in [0.2, 0.25) is 59.1 Å². The molecule has 12 rings (SSSR count). The van der Waals surface area contributed by atoms with Crippen molar-refractivity contribution in [2.75, 3.05) is 59.6 Å². The number of hydrogen-bond donors (Lipinski definition) is 13. The van der Waals surface area contributed by atoms with Crippen molar-refractivity contribution >= 4 is 81.5 Å². The number of Topliss-reactive ketones (excluding diaryl/α,β-unsaturated/α-hetero) is 2. The summed E-state index contributed by atoms with van der Waals surface area (Å²) in [5, 5.41) is 75.0. The minimum Gasteiger partial charge on any atom is -0.497 e. The molecule has 0 radical (unpaired) electrons. The number of carbonyl (C=O) groups excluding carboxylic acids is 12. The fraction of sp³-hybridized carbons (Fsp3) is 0.553. The van der Waals surface area contributed by atoms with Crippen LogP contribution in [0.4, 0.5) is 4.39 Å². The number of ether oxygens (including phenoxy) is 3. The zero-order valence-corrected chi connectivity index (χ0v) is 67.1.